The number of hydrogen-bond acceptors (Lipinski definition) is 3. The largest absolute Gasteiger partial charge is 0.384 e. The number of benzene rings is 1. The molecule has 0 aliphatic rings. The molecule has 3 rings (SSSR count). The summed E-state index contributed by atoms with van der Waals surface area (Å²) in [4.78, 5) is 8.08. The SMILES string of the molecule is CCOCCCn1c(C)c(C)c(-c2nc3ccccc3[nH]2)c1N. The highest BCUT2D eigenvalue weighted by Gasteiger charge is 2.19. The van der Waals surface area contributed by atoms with Crippen LogP contribution in [-0.2, 0) is 11.3 Å². The molecule has 2 aromatic heterocycles. The molecule has 0 saturated heterocycles. The van der Waals surface area contributed by atoms with Crippen molar-refractivity contribution in [1.29, 1.82) is 0 Å². The monoisotopic (exact) mass is 312 g/mol. The van der Waals surface area contributed by atoms with E-state index in [0.29, 0.717) is 0 Å². The summed E-state index contributed by atoms with van der Waals surface area (Å²) < 4.78 is 7.59. The number of nitrogens with zero attached hydrogens (tertiary/aromatic N) is 2. The average Bonchev–Trinajstić information content (AvgIpc) is 3.05. The Labute approximate surface area is 136 Å². The molecule has 0 radical (unpaired) electrons. The van der Waals surface area contributed by atoms with Crippen LogP contribution < -0.4 is 5.73 Å². The Kier molecular flexibility index (Phi) is 4.39. The van der Waals surface area contributed by atoms with Crippen molar-refractivity contribution >= 4 is 16.9 Å². The van der Waals surface area contributed by atoms with Crippen molar-refractivity contribution < 1.29 is 4.74 Å². The van der Waals surface area contributed by atoms with E-state index in [9.17, 15) is 0 Å². The first-order valence-electron chi connectivity index (χ1n) is 8.11. The number of nitrogens with two attached hydrogens (primary N) is 1. The Balaban J connectivity index is 1.96. The minimum atomic E-state index is 0.753. The lowest BCUT2D eigenvalue weighted by molar-refractivity contribution is 0.141. The fourth-order valence-corrected chi connectivity index (χ4v) is 3.02. The van der Waals surface area contributed by atoms with E-state index >= 15 is 0 Å². The standard InChI is InChI=1S/C18H24N4O/c1-4-23-11-7-10-22-13(3)12(2)16(17(22)19)18-20-14-8-5-6-9-15(14)21-18/h5-6,8-9H,4,7,10-11,19H2,1-3H3,(H,20,21). The van der Waals surface area contributed by atoms with Gasteiger partial charge in [-0.2, -0.15) is 0 Å². The zero-order valence-corrected chi connectivity index (χ0v) is 14.0. The molecule has 0 atom stereocenters. The summed E-state index contributed by atoms with van der Waals surface area (Å²) in [5, 5.41) is 0. The van der Waals surface area contributed by atoms with Gasteiger partial charge in [-0.05, 0) is 44.9 Å². The van der Waals surface area contributed by atoms with Gasteiger partial charge in [0.15, 0.2) is 0 Å². The van der Waals surface area contributed by atoms with Gasteiger partial charge in [0.25, 0.3) is 0 Å². The fourth-order valence-electron chi connectivity index (χ4n) is 3.02. The van der Waals surface area contributed by atoms with E-state index in [1.54, 1.807) is 0 Å². The third-order valence-electron chi connectivity index (χ3n) is 4.37. The maximum Gasteiger partial charge on any atom is 0.142 e. The van der Waals surface area contributed by atoms with Crippen LogP contribution in [0.3, 0.4) is 0 Å². The molecule has 0 unspecified atom stereocenters. The van der Waals surface area contributed by atoms with E-state index < -0.39 is 0 Å². The number of para-hydroxylation sites is 2. The number of nitrogens with one attached hydrogen (secondary N) is 1. The van der Waals surface area contributed by atoms with E-state index in [1.807, 2.05) is 31.2 Å². The van der Waals surface area contributed by atoms with Crippen molar-refractivity contribution in [3.63, 3.8) is 0 Å². The van der Waals surface area contributed by atoms with E-state index in [0.717, 1.165) is 54.4 Å². The Morgan fingerprint density at radius 2 is 2.04 bits per heavy atom. The van der Waals surface area contributed by atoms with Crippen LogP contribution >= 0.6 is 0 Å². The molecule has 122 valence electrons. The van der Waals surface area contributed by atoms with Gasteiger partial charge in [-0.3, -0.25) is 0 Å². The number of anilines is 1. The van der Waals surface area contributed by atoms with Gasteiger partial charge in [-0.25, -0.2) is 4.98 Å². The summed E-state index contributed by atoms with van der Waals surface area (Å²) in [6, 6.07) is 8.04. The number of ether oxygens (including phenoxy) is 1. The van der Waals surface area contributed by atoms with E-state index in [4.69, 9.17) is 15.5 Å². The van der Waals surface area contributed by atoms with Gasteiger partial charge in [0.1, 0.15) is 11.6 Å². The van der Waals surface area contributed by atoms with Gasteiger partial charge in [0.2, 0.25) is 0 Å². The highest BCUT2D eigenvalue weighted by molar-refractivity contribution is 5.83. The van der Waals surface area contributed by atoms with E-state index in [2.05, 4.69) is 23.4 Å². The highest BCUT2D eigenvalue weighted by atomic mass is 16.5. The van der Waals surface area contributed by atoms with Crippen molar-refractivity contribution in [2.75, 3.05) is 18.9 Å². The lowest BCUT2D eigenvalue weighted by Crippen LogP contribution is -2.07. The normalized spacial score (nSPS) is 11.4. The molecule has 3 N–H and O–H groups in total. The average molecular weight is 312 g/mol. The number of rotatable bonds is 6. The zero-order chi connectivity index (χ0) is 16.4. The molecule has 5 heteroatoms. The van der Waals surface area contributed by atoms with Gasteiger partial charge in [0, 0.05) is 25.5 Å². The molecular weight excluding hydrogens is 288 g/mol. The van der Waals surface area contributed by atoms with Crippen molar-refractivity contribution in [2.45, 2.75) is 33.7 Å². The Hall–Kier alpha value is -2.27. The van der Waals surface area contributed by atoms with E-state index in [-0.39, 0.29) is 0 Å². The molecular formula is C18H24N4O. The summed E-state index contributed by atoms with van der Waals surface area (Å²) in [7, 11) is 0. The molecule has 0 saturated carbocycles. The first-order chi connectivity index (χ1) is 11.1. The minimum Gasteiger partial charge on any atom is -0.384 e. The molecule has 0 aliphatic carbocycles. The number of imidazole rings is 1. The number of hydrogen-bond donors (Lipinski definition) is 2. The predicted octanol–water partition coefficient (Wildman–Crippen LogP) is 3.66. The van der Waals surface area contributed by atoms with Gasteiger partial charge in [-0.1, -0.05) is 12.1 Å². The second-order valence-corrected chi connectivity index (χ2v) is 5.78. The summed E-state index contributed by atoms with van der Waals surface area (Å²) in [5.74, 6) is 1.61. The third-order valence-corrected chi connectivity index (χ3v) is 4.37. The molecule has 0 aliphatic heterocycles. The lowest BCUT2D eigenvalue weighted by atomic mass is 10.1. The van der Waals surface area contributed by atoms with Crippen LogP contribution in [-0.4, -0.2) is 27.7 Å². The summed E-state index contributed by atoms with van der Waals surface area (Å²) in [6.45, 7) is 8.60. The second kappa shape index (κ2) is 6.46. The maximum atomic E-state index is 6.44. The first-order valence-corrected chi connectivity index (χ1v) is 8.11. The Morgan fingerprint density at radius 3 is 2.78 bits per heavy atom. The number of nitrogen functional groups attached to an aromatic ring is 1. The molecule has 3 aromatic rings. The Morgan fingerprint density at radius 1 is 1.26 bits per heavy atom. The third kappa shape index (κ3) is 2.84. The molecule has 0 spiro atoms. The van der Waals surface area contributed by atoms with Crippen LogP contribution in [0.15, 0.2) is 24.3 Å². The van der Waals surface area contributed by atoms with Crippen molar-refractivity contribution in [2.24, 2.45) is 0 Å². The van der Waals surface area contributed by atoms with Gasteiger partial charge in [-0.15, -0.1) is 0 Å². The zero-order valence-electron chi connectivity index (χ0n) is 14.0. The van der Waals surface area contributed by atoms with Crippen molar-refractivity contribution in [3.8, 4) is 11.4 Å². The van der Waals surface area contributed by atoms with Gasteiger partial charge < -0.3 is 20.0 Å². The smallest absolute Gasteiger partial charge is 0.142 e. The summed E-state index contributed by atoms with van der Waals surface area (Å²) in [5.41, 5.74) is 11.8. The van der Waals surface area contributed by atoms with Crippen LogP contribution in [0.4, 0.5) is 5.82 Å². The minimum absolute atomic E-state index is 0.753. The molecule has 2 heterocycles. The second-order valence-electron chi connectivity index (χ2n) is 5.78. The lowest BCUT2D eigenvalue weighted by Gasteiger charge is -2.09. The number of fused-ring (bicyclic) bond motifs is 1. The van der Waals surface area contributed by atoms with Crippen molar-refractivity contribution in [3.05, 3.63) is 35.5 Å². The van der Waals surface area contributed by atoms with Gasteiger partial charge in [0.05, 0.1) is 16.6 Å². The summed E-state index contributed by atoms with van der Waals surface area (Å²) >= 11 is 0. The molecule has 5 nitrogen and oxygen atoms in total. The van der Waals surface area contributed by atoms with Crippen LogP contribution in [0, 0.1) is 13.8 Å². The number of aromatic amines is 1. The summed E-state index contributed by atoms with van der Waals surface area (Å²) in [6.07, 6.45) is 0.951. The molecule has 1 aromatic carbocycles. The van der Waals surface area contributed by atoms with Crippen LogP contribution in [0.1, 0.15) is 24.6 Å². The van der Waals surface area contributed by atoms with E-state index in [1.165, 1.54) is 11.3 Å². The maximum absolute atomic E-state index is 6.44. The molecule has 23 heavy (non-hydrogen) atoms. The first kappa shape index (κ1) is 15.6. The van der Waals surface area contributed by atoms with Crippen LogP contribution in [0.5, 0.6) is 0 Å². The number of H-pyrrole nitrogens is 1. The fraction of sp³-hybridized carbons (Fsp3) is 0.389. The predicted molar refractivity (Wildman–Crippen MR) is 94.5 cm³/mol. The topological polar surface area (TPSA) is 68.9 Å². The van der Waals surface area contributed by atoms with Crippen LogP contribution in [0.2, 0.25) is 0 Å². The van der Waals surface area contributed by atoms with Gasteiger partial charge >= 0.3 is 0 Å². The molecule has 0 fully saturated rings. The van der Waals surface area contributed by atoms with Crippen molar-refractivity contribution in [1.82, 2.24) is 14.5 Å². The Bertz CT molecular complexity index is 783. The van der Waals surface area contributed by atoms with Crippen LogP contribution in [0.25, 0.3) is 22.4 Å². The highest BCUT2D eigenvalue weighted by Crippen LogP contribution is 2.33. The quantitative estimate of drug-likeness (QED) is 0.683. The molecule has 0 bridgehead atoms. The number of aromatic nitrogens is 3. The molecule has 0 amide bonds.